The Morgan fingerprint density at radius 2 is 2.11 bits per heavy atom. The van der Waals surface area contributed by atoms with Gasteiger partial charge in [0.15, 0.2) is 5.96 Å². The third-order valence-electron chi connectivity index (χ3n) is 4.71. The highest BCUT2D eigenvalue weighted by Crippen LogP contribution is 2.15. The van der Waals surface area contributed by atoms with Crippen molar-refractivity contribution in [3.8, 4) is 0 Å². The first kappa shape index (κ1) is 21.7. The summed E-state index contributed by atoms with van der Waals surface area (Å²) in [5.74, 6) is 3.18. The van der Waals surface area contributed by atoms with Gasteiger partial charge < -0.3 is 19.8 Å². The molecule has 0 atom stereocenters. The molecule has 7 nitrogen and oxygen atoms in total. The highest BCUT2D eigenvalue weighted by molar-refractivity contribution is 14.0. The topological polar surface area (TPSA) is 72.1 Å². The fourth-order valence-electron chi connectivity index (χ4n) is 3.35. The molecule has 0 aromatic carbocycles. The lowest BCUT2D eigenvalue weighted by Gasteiger charge is -2.11. The highest BCUT2D eigenvalue weighted by Gasteiger charge is 2.14. The van der Waals surface area contributed by atoms with Gasteiger partial charge in [0, 0.05) is 51.9 Å². The van der Waals surface area contributed by atoms with Crippen LogP contribution in [0.15, 0.2) is 23.5 Å². The van der Waals surface area contributed by atoms with E-state index in [1.807, 2.05) is 17.8 Å². The summed E-state index contributed by atoms with van der Waals surface area (Å²) >= 11 is 0. The monoisotopic (exact) mass is 485 g/mol. The maximum absolute atomic E-state index is 4.66. The standard InChI is InChI=1S/C19H31N7.HI/c1-3-20-19(22-14-16-10-13-25(2)15-16)21-11-7-9-18-24-23-17-8-5-4-6-12-26(17)18;/h10,13,15H,3-9,11-12,14H2,1-2H3,(H2,20,21,22);1H. The zero-order valence-electron chi connectivity index (χ0n) is 16.4. The molecule has 150 valence electrons. The fraction of sp³-hybridized carbons (Fsp3) is 0.632. The van der Waals surface area contributed by atoms with E-state index in [4.69, 9.17) is 0 Å². The molecule has 0 saturated heterocycles. The molecule has 2 aromatic rings. The first-order valence-electron chi connectivity index (χ1n) is 9.80. The third kappa shape index (κ3) is 6.51. The maximum atomic E-state index is 4.66. The van der Waals surface area contributed by atoms with E-state index in [1.165, 1.54) is 30.7 Å². The molecule has 3 heterocycles. The van der Waals surface area contributed by atoms with Crippen molar-refractivity contribution in [3.63, 3.8) is 0 Å². The Morgan fingerprint density at radius 1 is 1.22 bits per heavy atom. The van der Waals surface area contributed by atoms with Crippen LogP contribution < -0.4 is 10.6 Å². The normalized spacial score (nSPS) is 14.2. The van der Waals surface area contributed by atoms with Crippen LogP contribution in [0.5, 0.6) is 0 Å². The number of rotatable bonds is 7. The molecule has 0 fully saturated rings. The van der Waals surface area contributed by atoms with Gasteiger partial charge in [-0.05, 0) is 37.8 Å². The fourth-order valence-corrected chi connectivity index (χ4v) is 3.35. The van der Waals surface area contributed by atoms with Gasteiger partial charge in [0.1, 0.15) is 11.6 Å². The lowest BCUT2D eigenvalue weighted by atomic mass is 10.2. The number of fused-ring (bicyclic) bond motifs is 1. The molecule has 0 amide bonds. The van der Waals surface area contributed by atoms with Crippen LogP contribution in [0.3, 0.4) is 0 Å². The van der Waals surface area contributed by atoms with Crippen molar-refractivity contribution in [3.05, 3.63) is 35.7 Å². The predicted molar refractivity (Wildman–Crippen MR) is 120 cm³/mol. The van der Waals surface area contributed by atoms with Crippen LogP contribution in [0.2, 0.25) is 0 Å². The quantitative estimate of drug-likeness (QED) is 0.274. The Morgan fingerprint density at radius 3 is 2.89 bits per heavy atom. The summed E-state index contributed by atoms with van der Waals surface area (Å²) in [6.07, 6.45) is 11.0. The summed E-state index contributed by atoms with van der Waals surface area (Å²) in [7, 11) is 2.03. The molecule has 2 N–H and O–H groups in total. The second-order valence-electron chi connectivity index (χ2n) is 6.91. The van der Waals surface area contributed by atoms with Crippen molar-refractivity contribution in [1.29, 1.82) is 0 Å². The van der Waals surface area contributed by atoms with Crippen LogP contribution in [-0.2, 0) is 33.0 Å². The predicted octanol–water partition coefficient (Wildman–Crippen LogP) is 2.65. The largest absolute Gasteiger partial charge is 0.357 e. The van der Waals surface area contributed by atoms with Gasteiger partial charge in [-0.3, -0.25) is 0 Å². The molecule has 1 aliphatic heterocycles. The maximum Gasteiger partial charge on any atom is 0.191 e. The van der Waals surface area contributed by atoms with Crippen molar-refractivity contribution in [2.24, 2.45) is 12.0 Å². The Kier molecular flexibility index (Phi) is 9.09. The first-order chi connectivity index (χ1) is 12.8. The lowest BCUT2D eigenvalue weighted by molar-refractivity contribution is 0.594. The molecule has 0 radical (unpaired) electrons. The Labute approximate surface area is 179 Å². The van der Waals surface area contributed by atoms with Gasteiger partial charge in [0.2, 0.25) is 0 Å². The molecule has 27 heavy (non-hydrogen) atoms. The van der Waals surface area contributed by atoms with Crippen molar-refractivity contribution < 1.29 is 0 Å². The molecule has 2 aromatic heterocycles. The number of aromatic nitrogens is 4. The SMILES string of the molecule is CCNC(=NCc1ccn(C)c1)NCCCc1nnc2n1CCCCC2.I. The average molecular weight is 485 g/mol. The van der Waals surface area contributed by atoms with Gasteiger partial charge in [-0.1, -0.05) is 6.42 Å². The lowest BCUT2D eigenvalue weighted by Crippen LogP contribution is -2.37. The van der Waals surface area contributed by atoms with Gasteiger partial charge >= 0.3 is 0 Å². The molecule has 0 spiro atoms. The Balaban J connectivity index is 0.00000261. The van der Waals surface area contributed by atoms with Gasteiger partial charge in [0.05, 0.1) is 6.54 Å². The molecular weight excluding hydrogens is 453 g/mol. The minimum atomic E-state index is 0. The number of guanidine groups is 1. The summed E-state index contributed by atoms with van der Waals surface area (Å²) in [6.45, 7) is 5.59. The van der Waals surface area contributed by atoms with Crippen molar-refractivity contribution in [1.82, 2.24) is 30.0 Å². The van der Waals surface area contributed by atoms with E-state index >= 15 is 0 Å². The van der Waals surface area contributed by atoms with E-state index in [1.54, 1.807) is 0 Å². The molecule has 3 rings (SSSR count). The molecule has 0 saturated carbocycles. The molecule has 0 bridgehead atoms. The van der Waals surface area contributed by atoms with E-state index in [2.05, 4.69) is 49.6 Å². The van der Waals surface area contributed by atoms with Gasteiger partial charge in [-0.15, -0.1) is 34.2 Å². The zero-order chi connectivity index (χ0) is 18.2. The second kappa shape index (κ2) is 11.3. The van der Waals surface area contributed by atoms with E-state index in [9.17, 15) is 0 Å². The number of halogens is 1. The van der Waals surface area contributed by atoms with Crippen LogP contribution in [0.1, 0.15) is 49.8 Å². The Bertz CT molecular complexity index is 719. The number of aryl methyl sites for hydroxylation is 3. The zero-order valence-corrected chi connectivity index (χ0v) is 18.8. The average Bonchev–Trinajstić information content (AvgIpc) is 3.14. The van der Waals surface area contributed by atoms with E-state index in [0.29, 0.717) is 6.54 Å². The number of hydrogen-bond acceptors (Lipinski definition) is 3. The van der Waals surface area contributed by atoms with E-state index in [-0.39, 0.29) is 24.0 Å². The molecular formula is C19H32IN7. The van der Waals surface area contributed by atoms with E-state index < -0.39 is 0 Å². The molecule has 0 aliphatic carbocycles. The van der Waals surface area contributed by atoms with Crippen LogP contribution >= 0.6 is 24.0 Å². The Hall–Kier alpha value is -1.58. The van der Waals surface area contributed by atoms with E-state index in [0.717, 1.165) is 50.7 Å². The smallest absolute Gasteiger partial charge is 0.191 e. The number of hydrogen-bond donors (Lipinski definition) is 2. The van der Waals surface area contributed by atoms with Crippen molar-refractivity contribution in [2.75, 3.05) is 13.1 Å². The number of nitrogens with one attached hydrogen (secondary N) is 2. The van der Waals surface area contributed by atoms with Gasteiger partial charge in [-0.25, -0.2) is 4.99 Å². The minimum absolute atomic E-state index is 0. The molecule has 8 heteroatoms. The van der Waals surface area contributed by atoms with Gasteiger partial charge in [0.25, 0.3) is 0 Å². The summed E-state index contributed by atoms with van der Waals surface area (Å²) < 4.78 is 4.38. The van der Waals surface area contributed by atoms with Gasteiger partial charge in [-0.2, -0.15) is 0 Å². The van der Waals surface area contributed by atoms with Crippen LogP contribution in [0.4, 0.5) is 0 Å². The van der Waals surface area contributed by atoms with Crippen LogP contribution in [0, 0.1) is 0 Å². The first-order valence-corrected chi connectivity index (χ1v) is 9.80. The third-order valence-corrected chi connectivity index (χ3v) is 4.71. The molecule has 1 aliphatic rings. The minimum Gasteiger partial charge on any atom is -0.357 e. The summed E-state index contributed by atoms with van der Waals surface area (Å²) in [4.78, 5) is 4.66. The number of aliphatic imine (C=N–C) groups is 1. The molecule has 0 unspecified atom stereocenters. The second-order valence-corrected chi connectivity index (χ2v) is 6.91. The summed E-state index contributed by atoms with van der Waals surface area (Å²) in [6, 6.07) is 2.10. The van der Waals surface area contributed by atoms with Crippen molar-refractivity contribution in [2.45, 2.75) is 58.5 Å². The van der Waals surface area contributed by atoms with Crippen molar-refractivity contribution >= 4 is 29.9 Å². The number of nitrogens with zero attached hydrogens (tertiary/aromatic N) is 5. The summed E-state index contributed by atoms with van der Waals surface area (Å²) in [5.41, 5.74) is 1.22. The van der Waals surface area contributed by atoms with Crippen LogP contribution in [-0.4, -0.2) is 38.4 Å². The highest BCUT2D eigenvalue weighted by atomic mass is 127. The summed E-state index contributed by atoms with van der Waals surface area (Å²) in [5, 5.41) is 15.5. The van der Waals surface area contributed by atoms with Crippen LogP contribution in [0.25, 0.3) is 0 Å².